The fraction of sp³-hybridized carbons (Fsp3) is 0.458. The van der Waals surface area contributed by atoms with E-state index < -0.39 is 36.5 Å². The van der Waals surface area contributed by atoms with Crippen LogP contribution in [0.15, 0.2) is 36.5 Å². The van der Waals surface area contributed by atoms with Gasteiger partial charge < -0.3 is 14.8 Å². The van der Waals surface area contributed by atoms with E-state index in [0.29, 0.717) is 24.1 Å². The molecule has 0 spiro atoms. The summed E-state index contributed by atoms with van der Waals surface area (Å²) < 4.78 is 65.1. The molecule has 0 atom stereocenters. The van der Waals surface area contributed by atoms with Crippen molar-refractivity contribution in [1.82, 2.24) is 14.8 Å². The fourth-order valence-electron chi connectivity index (χ4n) is 4.40. The summed E-state index contributed by atoms with van der Waals surface area (Å²) in [6, 6.07) is 7.35. The summed E-state index contributed by atoms with van der Waals surface area (Å²) in [7, 11) is 0. The number of halogens is 5. The first-order valence-electron chi connectivity index (χ1n) is 11.5. The van der Waals surface area contributed by atoms with Crippen LogP contribution >= 0.6 is 12.4 Å². The Labute approximate surface area is 210 Å². The summed E-state index contributed by atoms with van der Waals surface area (Å²) in [4.78, 5) is 16.9. The van der Waals surface area contributed by atoms with Gasteiger partial charge in [0, 0.05) is 36.8 Å². The minimum atomic E-state index is -2.78. The number of amides is 1. The molecule has 36 heavy (non-hydrogen) atoms. The topological polar surface area (TPSA) is 78.3 Å². The van der Waals surface area contributed by atoms with Crippen molar-refractivity contribution in [3.8, 4) is 5.75 Å². The molecule has 2 aliphatic rings. The van der Waals surface area contributed by atoms with Crippen LogP contribution in [0.25, 0.3) is 10.9 Å². The molecule has 2 aromatic heterocycles. The maximum atomic E-state index is 13.1. The number of fused-ring (bicyclic) bond motifs is 1. The zero-order valence-electron chi connectivity index (χ0n) is 19.1. The quantitative estimate of drug-likeness (QED) is 0.391. The molecule has 0 unspecified atom stereocenters. The van der Waals surface area contributed by atoms with Crippen LogP contribution < -0.4 is 10.1 Å². The molecule has 194 valence electrons. The van der Waals surface area contributed by atoms with E-state index >= 15 is 0 Å². The molecule has 2 fully saturated rings. The summed E-state index contributed by atoms with van der Waals surface area (Å²) >= 11 is 0. The molecule has 3 aromatic rings. The standard InChI is InChI=1S/C24H24F4N4O3.ClH/c25-22(26)13-8-16(9-13)35-20-11-19-14(12-32(31-19)15-4-6-34-7-5-15)10-17(20)24(33)30-21-3-1-2-18(29-21)23(27)28;/h1-3,10-13,15-16,22-23H,4-9H2,(H,29,30,33);1H. The van der Waals surface area contributed by atoms with E-state index in [9.17, 15) is 22.4 Å². The van der Waals surface area contributed by atoms with Gasteiger partial charge in [0.05, 0.1) is 23.2 Å². The lowest BCUT2D eigenvalue weighted by atomic mass is 9.82. The Bertz CT molecular complexity index is 1210. The van der Waals surface area contributed by atoms with Gasteiger partial charge in [0.25, 0.3) is 12.3 Å². The van der Waals surface area contributed by atoms with Crippen molar-refractivity contribution >= 4 is 35.0 Å². The van der Waals surface area contributed by atoms with E-state index in [1.54, 1.807) is 12.1 Å². The molecular formula is C24H25ClF4N4O3. The van der Waals surface area contributed by atoms with Gasteiger partial charge in [0.2, 0.25) is 6.43 Å². The molecular weight excluding hydrogens is 504 g/mol. The van der Waals surface area contributed by atoms with Crippen LogP contribution in [0.5, 0.6) is 5.75 Å². The zero-order chi connectivity index (χ0) is 24.5. The Kier molecular flexibility index (Phi) is 7.99. The van der Waals surface area contributed by atoms with Crippen molar-refractivity contribution in [2.24, 2.45) is 5.92 Å². The number of aromatic nitrogens is 3. The van der Waals surface area contributed by atoms with Gasteiger partial charge in [0.1, 0.15) is 17.3 Å². The second-order valence-electron chi connectivity index (χ2n) is 8.87. The molecule has 1 aromatic carbocycles. The first kappa shape index (κ1) is 26.2. The Morgan fingerprint density at radius 3 is 2.58 bits per heavy atom. The number of ether oxygens (including phenoxy) is 2. The van der Waals surface area contributed by atoms with E-state index in [4.69, 9.17) is 9.47 Å². The maximum Gasteiger partial charge on any atom is 0.280 e. The summed E-state index contributed by atoms with van der Waals surface area (Å²) in [6.07, 6.45) is -1.80. The van der Waals surface area contributed by atoms with Crippen molar-refractivity contribution in [2.75, 3.05) is 18.5 Å². The molecule has 0 radical (unpaired) electrons. The third kappa shape index (κ3) is 5.57. The van der Waals surface area contributed by atoms with E-state index in [-0.39, 0.29) is 48.4 Å². The molecule has 1 N–H and O–H groups in total. The van der Waals surface area contributed by atoms with E-state index in [0.717, 1.165) is 12.8 Å². The third-order valence-corrected chi connectivity index (χ3v) is 6.45. The Balaban J connectivity index is 0.00000304. The summed E-state index contributed by atoms with van der Waals surface area (Å²) in [5, 5.41) is 7.88. The Morgan fingerprint density at radius 2 is 1.89 bits per heavy atom. The molecule has 3 heterocycles. The molecule has 1 amide bonds. The molecule has 0 bridgehead atoms. The lowest BCUT2D eigenvalue weighted by molar-refractivity contribution is -0.0330. The number of carbonyl (C=O) groups is 1. The van der Waals surface area contributed by atoms with E-state index in [1.807, 2.05) is 10.9 Å². The monoisotopic (exact) mass is 528 g/mol. The van der Waals surface area contributed by atoms with Crippen LogP contribution in [0.4, 0.5) is 23.4 Å². The van der Waals surface area contributed by atoms with Gasteiger partial charge in [-0.25, -0.2) is 22.5 Å². The van der Waals surface area contributed by atoms with Crippen LogP contribution in [0.1, 0.15) is 54.2 Å². The number of benzene rings is 1. The smallest absolute Gasteiger partial charge is 0.280 e. The normalized spacial score (nSPS) is 20.3. The minimum Gasteiger partial charge on any atom is -0.489 e. The maximum absolute atomic E-state index is 13.1. The average molecular weight is 529 g/mol. The number of nitrogens with one attached hydrogen (secondary N) is 1. The highest BCUT2D eigenvalue weighted by Gasteiger charge is 2.37. The molecule has 1 aliphatic carbocycles. The fourth-order valence-corrected chi connectivity index (χ4v) is 4.40. The first-order valence-corrected chi connectivity index (χ1v) is 11.5. The predicted molar refractivity (Wildman–Crippen MR) is 126 cm³/mol. The molecule has 1 saturated carbocycles. The highest BCUT2D eigenvalue weighted by Crippen LogP contribution is 2.37. The van der Waals surface area contributed by atoms with E-state index in [2.05, 4.69) is 15.4 Å². The molecule has 1 saturated heterocycles. The average Bonchev–Trinajstić information content (AvgIpc) is 3.24. The van der Waals surface area contributed by atoms with Crippen LogP contribution in [-0.4, -0.2) is 46.4 Å². The van der Waals surface area contributed by atoms with Gasteiger partial charge in [0.15, 0.2) is 0 Å². The molecule has 7 nitrogen and oxygen atoms in total. The number of pyridine rings is 1. The third-order valence-electron chi connectivity index (χ3n) is 6.45. The lowest BCUT2D eigenvalue weighted by Crippen LogP contribution is -2.37. The van der Waals surface area contributed by atoms with Crippen molar-refractivity contribution in [1.29, 1.82) is 0 Å². The van der Waals surface area contributed by atoms with Gasteiger partial charge in [-0.3, -0.25) is 9.48 Å². The van der Waals surface area contributed by atoms with Gasteiger partial charge in [-0.2, -0.15) is 5.10 Å². The number of rotatable bonds is 7. The number of carbonyl (C=O) groups excluding carboxylic acids is 1. The van der Waals surface area contributed by atoms with Gasteiger partial charge in [-0.15, -0.1) is 12.4 Å². The van der Waals surface area contributed by atoms with Crippen LogP contribution in [-0.2, 0) is 4.74 Å². The number of anilines is 1. The predicted octanol–water partition coefficient (Wildman–Crippen LogP) is 5.82. The van der Waals surface area contributed by atoms with Crippen LogP contribution in [0, 0.1) is 5.92 Å². The van der Waals surface area contributed by atoms with Crippen molar-refractivity contribution in [3.63, 3.8) is 0 Å². The second kappa shape index (κ2) is 11.0. The van der Waals surface area contributed by atoms with Gasteiger partial charge in [-0.1, -0.05) is 6.07 Å². The van der Waals surface area contributed by atoms with Crippen molar-refractivity contribution in [2.45, 2.75) is 50.7 Å². The Hall–Kier alpha value is -2.92. The summed E-state index contributed by atoms with van der Waals surface area (Å²) in [6.45, 7) is 1.28. The SMILES string of the molecule is Cl.O=C(Nc1cccc(C(F)F)n1)c1cc2cn(C3CCOCC3)nc2cc1OC1CC(C(F)F)C1. The number of nitrogens with zero attached hydrogens (tertiary/aromatic N) is 3. The largest absolute Gasteiger partial charge is 0.489 e. The number of alkyl halides is 4. The minimum absolute atomic E-state index is 0. The first-order chi connectivity index (χ1) is 16.9. The van der Waals surface area contributed by atoms with Crippen LogP contribution in [0.3, 0.4) is 0 Å². The second-order valence-corrected chi connectivity index (χ2v) is 8.87. The summed E-state index contributed by atoms with van der Waals surface area (Å²) in [5.41, 5.74) is 0.291. The zero-order valence-corrected chi connectivity index (χ0v) is 19.9. The van der Waals surface area contributed by atoms with E-state index in [1.165, 1.54) is 18.2 Å². The van der Waals surface area contributed by atoms with Crippen molar-refractivity contribution < 1.29 is 31.8 Å². The van der Waals surface area contributed by atoms with Crippen molar-refractivity contribution in [3.05, 3.63) is 47.8 Å². The number of hydrogen-bond donors (Lipinski definition) is 1. The molecule has 12 heteroatoms. The van der Waals surface area contributed by atoms with Crippen LogP contribution in [0.2, 0.25) is 0 Å². The summed E-state index contributed by atoms with van der Waals surface area (Å²) in [5.74, 6) is -1.16. The van der Waals surface area contributed by atoms with Gasteiger partial charge in [-0.05, 0) is 43.9 Å². The number of hydrogen-bond acceptors (Lipinski definition) is 5. The van der Waals surface area contributed by atoms with Gasteiger partial charge >= 0.3 is 0 Å². The highest BCUT2D eigenvalue weighted by atomic mass is 35.5. The Morgan fingerprint density at radius 1 is 1.14 bits per heavy atom. The lowest BCUT2D eigenvalue weighted by Gasteiger charge is -2.35. The molecule has 5 rings (SSSR count). The highest BCUT2D eigenvalue weighted by molar-refractivity contribution is 6.08. The molecule has 1 aliphatic heterocycles.